The van der Waals surface area contributed by atoms with Crippen LogP contribution in [0, 0.1) is 6.92 Å². The fourth-order valence-electron chi connectivity index (χ4n) is 2.16. The standard InChI is InChI=1S/C17H18N6O2/c1-12-8-21-23(10-12)17-7-16(18-11-19-17)22-20-9-13-4-5-14(24-2)6-15(13)25-3/h4-11H,1-3H3,(H,18,19,22)/b20-9-. The first-order chi connectivity index (χ1) is 12.2. The lowest BCUT2D eigenvalue weighted by molar-refractivity contribution is 0.394. The van der Waals surface area contributed by atoms with Gasteiger partial charge in [-0.25, -0.2) is 14.6 Å². The number of benzene rings is 1. The zero-order chi connectivity index (χ0) is 17.6. The van der Waals surface area contributed by atoms with Crippen molar-refractivity contribution in [3.63, 3.8) is 0 Å². The number of hydrogen-bond donors (Lipinski definition) is 1. The molecule has 3 aromatic rings. The molecule has 0 atom stereocenters. The first-order valence-electron chi connectivity index (χ1n) is 7.54. The second kappa shape index (κ2) is 7.43. The largest absolute Gasteiger partial charge is 0.497 e. The molecule has 0 saturated heterocycles. The number of rotatable bonds is 6. The quantitative estimate of drug-likeness (QED) is 0.549. The Balaban J connectivity index is 1.74. The summed E-state index contributed by atoms with van der Waals surface area (Å²) in [5.74, 6) is 2.60. The molecular weight excluding hydrogens is 320 g/mol. The van der Waals surface area contributed by atoms with Gasteiger partial charge in [0.15, 0.2) is 11.6 Å². The number of anilines is 1. The normalized spacial score (nSPS) is 10.8. The molecule has 3 rings (SSSR count). The van der Waals surface area contributed by atoms with Crippen molar-refractivity contribution in [2.75, 3.05) is 19.6 Å². The SMILES string of the molecule is COc1ccc(/C=N\Nc2cc(-n3cc(C)cn3)ncn2)c(OC)c1. The maximum Gasteiger partial charge on any atom is 0.158 e. The van der Waals surface area contributed by atoms with Gasteiger partial charge in [0.2, 0.25) is 0 Å². The van der Waals surface area contributed by atoms with Crippen LogP contribution in [0.25, 0.3) is 5.82 Å². The second-order valence-electron chi connectivity index (χ2n) is 5.20. The van der Waals surface area contributed by atoms with E-state index < -0.39 is 0 Å². The monoisotopic (exact) mass is 338 g/mol. The third-order valence-electron chi connectivity index (χ3n) is 3.42. The Kier molecular flexibility index (Phi) is 4.89. The van der Waals surface area contributed by atoms with E-state index in [1.54, 1.807) is 43.4 Å². The topological polar surface area (TPSA) is 86.5 Å². The fraction of sp³-hybridized carbons (Fsp3) is 0.176. The minimum absolute atomic E-state index is 0.557. The summed E-state index contributed by atoms with van der Waals surface area (Å²) >= 11 is 0. The number of aryl methyl sites for hydroxylation is 1. The Hall–Kier alpha value is -3.42. The van der Waals surface area contributed by atoms with Crippen LogP contribution in [0.5, 0.6) is 11.5 Å². The molecule has 8 heteroatoms. The average Bonchev–Trinajstić information content (AvgIpc) is 3.08. The van der Waals surface area contributed by atoms with Gasteiger partial charge in [-0.1, -0.05) is 0 Å². The third kappa shape index (κ3) is 3.92. The zero-order valence-electron chi connectivity index (χ0n) is 14.2. The van der Waals surface area contributed by atoms with E-state index in [0.717, 1.165) is 16.9 Å². The number of aromatic nitrogens is 4. The van der Waals surface area contributed by atoms with Gasteiger partial charge in [-0.05, 0) is 24.6 Å². The summed E-state index contributed by atoms with van der Waals surface area (Å²) in [6, 6.07) is 7.26. The van der Waals surface area contributed by atoms with Gasteiger partial charge in [0.1, 0.15) is 17.8 Å². The number of nitrogens with zero attached hydrogens (tertiary/aromatic N) is 5. The maximum absolute atomic E-state index is 5.33. The van der Waals surface area contributed by atoms with E-state index in [9.17, 15) is 0 Å². The van der Waals surface area contributed by atoms with E-state index in [2.05, 4.69) is 25.6 Å². The molecule has 0 bridgehead atoms. The molecule has 1 aromatic carbocycles. The van der Waals surface area contributed by atoms with E-state index in [4.69, 9.17) is 9.47 Å². The number of methoxy groups -OCH3 is 2. The van der Waals surface area contributed by atoms with Gasteiger partial charge in [0.25, 0.3) is 0 Å². The van der Waals surface area contributed by atoms with Crippen molar-refractivity contribution in [3.05, 3.63) is 54.1 Å². The van der Waals surface area contributed by atoms with Gasteiger partial charge < -0.3 is 9.47 Å². The maximum atomic E-state index is 5.33. The molecule has 8 nitrogen and oxygen atoms in total. The number of nitrogens with one attached hydrogen (secondary N) is 1. The van der Waals surface area contributed by atoms with E-state index in [0.29, 0.717) is 17.4 Å². The van der Waals surface area contributed by atoms with Crippen LogP contribution >= 0.6 is 0 Å². The summed E-state index contributed by atoms with van der Waals surface area (Å²) in [6.07, 6.45) is 6.76. The van der Waals surface area contributed by atoms with Crippen molar-refractivity contribution >= 4 is 12.0 Å². The van der Waals surface area contributed by atoms with E-state index in [1.165, 1.54) is 6.33 Å². The second-order valence-corrected chi connectivity index (χ2v) is 5.20. The summed E-state index contributed by atoms with van der Waals surface area (Å²) in [4.78, 5) is 8.34. The molecule has 0 saturated carbocycles. The summed E-state index contributed by atoms with van der Waals surface area (Å²) in [5, 5.41) is 8.43. The van der Waals surface area contributed by atoms with Crippen molar-refractivity contribution in [1.29, 1.82) is 0 Å². The van der Waals surface area contributed by atoms with Crippen LogP contribution < -0.4 is 14.9 Å². The van der Waals surface area contributed by atoms with Crippen LogP contribution in [-0.4, -0.2) is 40.2 Å². The molecule has 0 amide bonds. The van der Waals surface area contributed by atoms with Gasteiger partial charge in [0.05, 0.1) is 26.6 Å². The van der Waals surface area contributed by atoms with Gasteiger partial charge in [-0.2, -0.15) is 10.2 Å². The molecule has 0 aliphatic rings. The van der Waals surface area contributed by atoms with E-state index in [-0.39, 0.29) is 0 Å². The van der Waals surface area contributed by atoms with Gasteiger partial charge >= 0.3 is 0 Å². The molecule has 1 N–H and O–H groups in total. The molecule has 128 valence electrons. The fourth-order valence-corrected chi connectivity index (χ4v) is 2.16. The molecule has 0 aliphatic carbocycles. The third-order valence-corrected chi connectivity index (χ3v) is 3.42. The Morgan fingerprint density at radius 3 is 2.76 bits per heavy atom. The highest BCUT2D eigenvalue weighted by Gasteiger charge is 2.04. The molecule has 0 spiro atoms. The first kappa shape index (κ1) is 16.4. The molecular formula is C17H18N6O2. The zero-order valence-corrected chi connectivity index (χ0v) is 14.2. The predicted molar refractivity (Wildman–Crippen MR) is 94.7 cm³/mol. The molecule has 0 radical (unpaired) electrons. The lowest BCUT2D eigenvalue weighted by atomic mass is 10.2. The summed E-state index contributed by atoms with van der Waals surface area (Å²) in [6.45, 7) is 1.97. The Morgan fingerprint density at radius 2 is 2.04 bits per heavy atom. The molecule has 2 heterocycles. The van der Waals surface area contributed by atoms with E-state index >= 15 is 0 Å². The summed E-state index contributed by atoms with van der Waals surface area (Å²) in [5.41, 5.74) is 4.75. The lowest BCUT2D eigenvalue weighted by Gasteiger charge is -2.07. The average molecular weight is 338 g/mol. The number of ether oxygens (including phenoxy) is 2. The van der Waals surface area contributed by atoms with Gasteiger partial charge in [-0.3, -0.25) is 5.43 Å². The molecule has 0 fully saturated rings. The Labute approximate surface area is 145 Å². The highest BCUT2D eigenvalue weighted by molar-refractivity contribution is 5.84. The van der Waals surface area contributed by atoms with Crippen LogP contribution in [0.1, 0.15) is 11.1 Å². The minimum Gasteiger partial charge on any atom is -0.497 e. The Bertz CT molecular complexity index is 890. The van der Waals surface area contributed by atoms with Crippen molar-refractivity contribution < 1.29 is 9.47 Å². The highest BCUT2D eigenvalue weighted by atomic mass is 16.5. The molecule has 2 aromatic heterocycles. The molecule has 0 aliphatic heterocycles. The van der Waals surface area contributed by atoms with Crippen molar-refractivity contribution in [1.82, 2.24) is 19.7 Å². The summed E-state index contributed by atoms with van der Waals surface area (Å²) in [7, 11) is 3.21. The van der Waals surface area contributed by atoms with Crippen LogP contribution in [0.15, 0.2) is 48.1 Å². The smallest absolute Gasteiger partial charge is 0.158 e. The van der Waals surface area contributed by atoms with Crippen LogP contribution in [0.2, 0.25) is 0 Å². The highest BCUT2D eigenvalue weighted by Crippen LogP contribution is 2.23. The van der Waals surface area contributed by atoms with Crippen molar-refractivity contribution in [2.24, 2.45) is 5.10 Å². The van der Waals surface area contributed by atoms with Crippen molar-refractivity contribution in [2.45, 2.75) is 6.92 Å². The van der Waals surface area contributed by atoms with E-state index in [1.807, 2.05) is 25.3 Å². The molecule has 0 unspecified atom stereocenters. The number of hydrogen-bond acceptors (Lipinski definition) is 7. The number of hydrazone groups is 1. The lowest BCUT2D eigenvalue weighted by Crippen LogP contribution is -2.01. The van der Waals surface area contributed by atoms with Gasteiger partial charge in [-0.15, -0.1) is 0 Å². The predicted octanol–water partition coefficient (Wildman–Crippen LogP) is 2.43. The van der Waals surface area contributed by atoms with Crippen LogP contribution in [0.3, 0.4) is 0 Å². The summed E-state index contributed by atoms with van der Waals surface area (Å²) < 4.78 is 12.2. The molecule has 25 heavy (non-hydrogen) atoms. The minimum atomic E-state index is 0.557. The van der Waals surface area contributed by atoms with Gasteiger partial charge in [0, 0.05) is 23.9 Å². The van der Waals surface area contributed by atoms with Crippen molar-refractivity contribution in [3.8, 4) is 17.3 Å². The van der Waals surface area contributed by atoms with Crippen LogP contribution in [0.4, 0.5) is 5.82 Å². The first-order valence-corrected chi connectivity index (χ1v) is 7.54. The van der Waals surface area contributed by atoms with Crippen LogP contribution in [-0.2, 0) is 0 Å². The Morgan fingerprint density at radius 1 is 1.16 bits per heavy atom.